The summed E-state index contributed by atoms with van der Waals surface area (Å²) in [4.78, 5) is 2.51. The first-order valence-corrected chi connectivity index (χ1v) is 22.4. The van der Waals surface area contributed by atoms with Crippen LogP contribution in [-0.2, 0) is 17.6 Å². The van der Waals surface area contributed by atoms with Crippen LogP contribution in [0.4, 0.5) is 5.69 Å². The molecule has 1 atom stereocenters. The van der Waals surface area contributed by atoms with E-state index in [1.54, 1.807) is 21.3 Å². The van der Waals surface area contributed by atoms with E-state index < -0.39 is 5.60 Å². The summed E-state index contributed by atoms with van der Waals surface area (Å²) in [5.41, 5.74) is 11.4. The van der Waals surface area contributed by atoms with Crippen molar-refractivity contribution in [3.05, 3.63) is 143 Å². The molecule has 0 radical (unpaired) electrons. The lowest BCUT2D eigenvalue weighted by molar-refractivity contribution is 0.0642. The zero-order valence-corrected chi connectivity index (χ0v) is 37.4. The molecule has 10 rings (SSSR count). The topological polar surface area (TPSA) is 60.4 Å². The quantitative estimate of drug-likeness (QED) is 0.165. The fraction of sp³-hybridized carbons (Fsp3) is 0.357. The molecule has 1 saturated carbocycles. The predicted octanol–water partition coefficient (Wildman–Crippen LogP) is 12.9. The Morgan fingerprint density at radius 1 is 0.645 bits per heavy atom. The van der Waals surface area contributed by atoms with E-state index in [9.17, 15) is 5.11 Å². The van der Waals surface area contributed by atoms with Crippen LogP contribution in [0, 0.1) is 10.8 Å². The van der Waals surface area contributed by atoms with Gasteiger partial charge in [0.15, 0.2) is 5.60 Å². The number of hydrogen-bond acceptors (Lipinski definition) is 6. The Labute approximate surface area is 367 Å². The zero-order valence-electron chi connectivity index (χ0n) is 37.4. The van der Waals surface area contributed by atoms with Gasteiger partial charge in [-0.25, -0.2) is 0 Å². The number of piperidine rings is 1. The molecule has 62 heavy (non-hydrogen) atoms. The summed E-state index contributed by atoms with van der Waals surface area (Å²) in [6, 6.07) is 37.0. The zero-order chi connectivity index (χ0) is 43.0. The molecule has 6 nitrogen and oxygen atoms in total. The van der Waals surface area contributed by atoms with Crippen LogP contribution in [0.15, 0.2) is 109 Å². The Bertz CT molecular complexity index is 2710. The van der Waals surface area contributed by atoms with Gasteiger partial charge in [-0.3, -0.25) is 0 Å². The van der Waals surface area contributed by atoms with Gasteiger partial charge in [0.2, 0.25) is 0 Å². The monoisotopic (exact) mass is 825 g/mol. The van der Waals surface area contributed by atoms with Crippen LogP contribution in [0.25, 0.3) is 39.1 Å². The number of methoxy groups -OCH3 is 3. The maximum atomic E-state index is 10.1. The number of hydrogen-bond donors (Lipinski definition) is 1. The summed E-state index contributed by atoms with van der Waals surface area (Å²) < 4.78 is 25.9. The largest absolute Gasteiger partial charge is 0.497 e. The highest BCUT2D eigenvalue weighted by atomic mass is 16.5. The summed E-state index contributed by atoms with van der Waals surface area (Å²) in [6.45, 7) is 11.9. The lowest BCUT2D eigenvalue weighted by atomic mass is 9.52. The van der Waals surface area contributed by atoms with Gasteiger partial charge in [-0.1, -0.05) is 94.4 Å². The third kappa shape index (κ3) is 6.39. The van der Waals surface area contributed by atoms with Crippen LogP contribution in [0.2, 0.25) is 0 Å². The van der Waals surface area contributed by atoms with Crippen molar-refractivity contribution in [2.45, 2.75) is 83.8 Å². The highest BCUT2D eigenvalue weighted by Gasteiger charge is 2.55. The average molecular weight is 826 g/mol. The fourth-order valence-corrected chi connectivity index (χ4v) is 12.5. The second kappa shape index (κ2) is 15.0. The third-order valence-electron chi connectivity index (χ3n) is 14.3. The standard InChI is InChI=1S/C56H59NO5/c1-53(2)33-54(3,4)35-55(34-53)47-14-10-9-13-42(47)50-45-30-44(41-24-15-36(32-58)29-48(41)60-6)49(61-7)31-46(45)52-43(51(50)55)25-26-56(62-52,38-18-22-40(59-5)23-19-38)37-16-20-39(21-17-37)57-27-11-8-12-28-57/h9-10,13-26,29-31,58H,8,11-12,27-28,32-35H2,1-7H3. The number of aliphatic hydroxyl groups excluding tert-OH is 1. The molecule has 6 heteroatoms. The molecular formula is C56H59NO5. The van der Waals surface area contributed by atoms with E-state index in [1.807, 2.05) is 30.3 Å². The van der Waals surface area contributed by atoms with Gasteiger partial charge in [0.25, 0.3) is 0 Å². The van der Waals surface area contributed by atoms with Crippen molar-refractivity contribution in [2.24, 2.45) is 10.8 Å². The Hall–Kier alpha value is -5.72. The van der Waals surface area contributed by atoms with E-state index >= 15 is 0 Å². The molecule has 2 heterocycles. The van der Waals surface area contributed by atoms with Crippen LogP contribution in [-0.4, -0.2) is 39.5 Å². The molecule has 2 aliphatic heterocycles. The van der Waals surface area contributed by atoms with E-state index in [4.69, 9.17) is 18.9 Å². The van der Waals surface area contributed by atoms with E-state index in [0.29, 0.717) is 5.75 Å². The second-order valence-electron chi connectivity index (χ2n) is 19.8. The molecule has 2 aliphatic carbocycles. The first kappa shape index (κ1) is 40.4. The minimum absolute atomic E-state index is 0.0709. The average Bonchev–Trinajstić information content (AvgIpc) is 3.55. The fourth-order valence-electron chi connectivity index (χ4n) is 12.5. The van der Waals surface area contributed by atoms with Crippen molar-refractivity contribution in [1.82, 2.24) is 0 Å². The number of nitrogens with zero attached hydrogens (tertiary/aromatic N) is 1. The molecule has 6 aromatic carbocycles. The normalized spacial score (nSPS) is 20.3. The summed E-state index contributed by atoms with van der Waals surface area (Å²) in [6.07, 6.45) is 11.7. The molecular weight excluding hydrogens is 767 g/mol. The van der Waals surface area contributed by atoms with Crippen molar-refractivity contribution < 1.29 is 24.1 Å². The molecule has 4 aliphatic rings. The van der Waals surface area contributed by atoms with Gasteiger partial charge in [-0.15, -0.1) is 0 Å². The van der Waals surface area contributed by atoms with E-state index in [1.165, 1.54) is 47.2 Å². The summed E-state index contributed by atoms with van der Waals surface area (Å²) in [5, 5.41) is 12.2. The van der Waals surface area contributed by atoms with Gasteiger partial charge in [0, 0.05) is 57.4 Å². The second-order valence-corrected chi connectivity index (χ2v) is 19.8. The van der Waals surface area contributed by atoms with Crippen LogP contribution >= 0.6 is 0 Å². The summed E-state index contributed by atoms with van der Waals surface area (Å²) in [7, 11) is 5.14. The van der Waals surface area contributed by atoms with Gasteiger partial charge >= 0.3 is 0 Å². The Balaban J connectivity index is 1.29. The van der Waals surface area contributed by atoms with Gasteiger partial charge in [0.05, 0.1) is 27.9 Å². The Morgan fingerprint density at radius 3 is 1.97 bits per heavy atom. The van der Waals surface area contributed by atoms with Gasteiger partial charge in [0.1, 0.15) is 23.0 Å². The number of rotatable bonds is 8. The molecule has 1 unspecified atom stereocenters. The maximum absolute atomic E-state index is 10.1. The highest BCUT2D eigenvalue weighted by Crippen LogP contribution is 2.67. The van der Waals surface area contributed by atoms with Crippen molar-refractivity contribution in [1.29, 1.82) is 0 Å². The van der Waals surface area contributed by atoms with Crippen molar-refractivity contribution >= 4 is 22.5 Å². The number of benzene rings is 6. The minimum Gasteiger partial charge on any atom is -0.497 e. The van der Waals surface area contributed by atoms with E-state index in [0.717, 1.165) is 93.8 Å². The van der Waals surface area contributed by atoms with Crippen molar-refractivity contribution in [3.63, 3.8) is 0 Å². The van der Waals surface area contributed by atoms with E-state index in [2.05, 4.69) is 118 Å². The first-order valence-electron chi connectivity index (χ1n) is 22.4. The Kier molecular flexibility index (Phi) is 9.75. The van der Waals surface area contributed by atoms with Gasteiger partial charge in [-0.05, 0) is 131 Å². The van der Waals surface area contributed by atoms with Gasteiger partial charge < -0.3 is 29.0 Å². The smallest absolute Gasteiger partial charge is 0.178 e. The summed E-state index contributed by atoms with van der Waals surface area (Å²) >= 11 is 0. The molecule has 0 bridgehead atoms. The molecule has 318 valence electrons. The van der Waals surface area contributed by atoms with Crippen LogP contribution in [0.3, 0.4) is 0 Å². The van der Waals surface area contributed by atoms with Crippen LogP contribution in [0.1, 0.15) is 99.6 Å². The first-order chi connectivity index (χ1) is 29.9. The molecule has 1 saturated heterocycles. The van der Waals surface area contributed by atoms with Gasteiger partial charge in [-0.2, -0.15) is 0 Å². The summed E-state index contributed by atoms with van der Waals surface area (Å²) in [5.74, 6) is 3.06. The SMILES string of the molecule is COc1ccc(C2(c3ccc(N4CCCCC4)cc3)C=Cc3c4c(c5cc(-c6ccc(CO)cc6OC)c(OC)cc5c3O2)-c2ccccc2C42CC(C)(C)CC(C)(C)C2)cc1. The molecule has 2 fully saturated rings. The van der Waals surface area contributed by atoms with Crippen molar-refractivity contribution in [3.8, 4) is 45.3 Å². The number of ether oxygens (including phenoxy) is 4. The molecule has 0 amide bonds. The van der Waals surface area contributed by atoms with Crippen LogP contribution in [0.5, 0.6) is 23.0 Å². The number of aliphatic hydroxyl groups is 1. The molecule has 6 aromatic rings. The van der Waals surface area contributed by atoms with Crippen LogP contribution < -0.4 is 23.8 Å². The Morgan fingerprint density at radius 2 is 1.31 bits per heavy atom. The molecule has 0 aromatic heterocycles. The lowest BCUT2D eigenvalue weighted by Gasteiger charge is -2.52. The number of anilines is 1. The predicted molar refractivity (Wildman–Crippen MR) is 252 cm³/mol. The highest BCUT2D eigenvalue weighted by molar-refractivity contribution is 6.11. The van der Waals surface area contributed by atoms with Crippen molar-refractivity contribution in [2.75, 3.05) is 39.3 Å². The minimum atomic E-state index is -0.945. The molecule has 1 N–H and O–H groups in total. The molecule has 1 spiro atoms. The maximum Gasteiger partial charge on any atom is 0.178 e. The third-order valence-corrected chi connectivity index (χ3v) is 14.3. The number of fused-ring (bicyclic) bond motifs is 10. The lowest BCUT2D eigenvalue weighted by Crippen LogP contribution is -2.44. The van der Waals surface area contributed by atoms with E-state index in [-0.39, 0.29) is 22.9 Å².